The van der Waals surface area contributed by atoms with E-state index in [4.69, 9.17) is 9.94 Å². The number of hydrogen-bond acceptors (Lipinski definition) is 8. The van der Waals surface area contributed by atoms with Crippen LogP contribution in [0.1, 0.15) is 28.8 Å². The molecule has 2 saturated heterocycles. The first kappa shape index (κ1) is 18.7. The average molecular weight is 384 g/mol. The fourth-order valence-electron chi connectivity index (χ4n) is 3.85. The predicted molar refractivity (Wildman–Crippen MR) is 101 cm³/mol. The summed E-state index contributed by atoms with van der Waals surface area (Å²) in [5.41, 5.74) is 2.85. The van der Waals surface area contributed by atoms with Gasteiger partial charge in [-0.1, -0.05) is 6.07 Å². The highest BCUT2D eigenvalue weighted by Crippen LogP contribution is 2.31. The van der Waals surface area contributed by atoms with Crippen molar-refractivity contribution < 1.29 is 14.7 Å². The molecule has 1 spiro atoms. The molecule has 1 amide bonds. The molecule has 4 rings (SSSR count). The highest BCUT2D eigenvalue weighted by atomic mass is 16.5. The van der Waals surface area contributed by atoms with Gasteiger partial charge in [0.1, 0.15) is 0 Å². The number of piperidine rings is 1. The van der Waals surface area contributed by atoms with Crippen molar-refractivity contribution >= 4 is 11.9 Å². The molecular weight excluding hydrogens is 360 g/mol. The van der Waals surface area contributed by atoms with Crippen LogP contribution in [0.4, 0.5) is 5.95 Å². The van der Waals surface area contributed by atoms with E-state index in [0.29, 0.717) is 19.1 Å². The van der Waals surface area contributed by atoms with Crippen molar-refractivity contribution in [2.24, 2.45) is 0 Å². The van der Waals surface area contributed by atoms with Gasteiger partial charge in [-0.05, 0) is 24.5 Å². The molecule has 0 bridgehead atoms. The van der Waals surface area contributed by atoms with Crippen LogP contribution in [0.15, 0.2) is 36.9 Å². The molecule has 148 valence electrons. The Kier molecular flexibility index (Phi) is 5.47. The number of nitrogens with one attached hydrogen (secondary N) is 1. The van der Waals surface area contributed by atoms with E-state index in [0.717, 1.165) is 39.0 Å². The minimum Gasteiger partial charge on any atom is -0.371 e. The van der Waals surface area contributed by atoms with Gasteiger partial charge in [0.25, 0.3) is 5.91 Å². The molecular formula is C19H24N6O3. The second-order valence-electron chi connectivity index (χ2n) is 7.30. The number of anilines is 1. The Morgan fingerprint density at radius 2 is 2.00 bits per heavy atom. The lowest BCUT2D eigenvalue weighted by atomic mass is 9.89. The highest BCUT2D eigenvalue weighted by molar-refractivity contribution is 5.92. The maximum absolute atomic E-state index is 11.4. The van der Waals surface area contributed by atoms with Crippen LogP contribution < -0.4 is 10.4 Å². The molecule has 0 saturated carbocycles. The van der Waals surface area contributed by atoms with Gasteiger partial charge in [-0.3, -0.25) is 19.9 Å². The van der Waals surface area contributed by atoms with E-state index in [2.05, 4.69) is 30.8 Å². The van der Waals surface area contributed by atoms with Crippen LogP contribution in [0, 0.1) is 0 Å². The quantitative estimate of drug-likeness (QED) is 0.591. The Morgan fingerprint density at radius 3 is 2.68 bits per heavy atom. The number of aromatic nitrogens is 3. The number of nitrogens with zero attached hydrogens (tertiary/aromatic N) is 5. The number of ether oxygens (including phenoxy) is 1. The lowest BCUT2D eigenvalue weighted by Crippen LogP contribution is -2.57. The van der Waals surface area contributed by atoms with Gasteiger partial charge in [-0.15, -0.1) is 0 Å². The second kappa shape index (κ2) is 8.17. The maximum Gasteiger partial charge on any atom is 0.277 e. The van der Waals surface area contributed by atoms with Crippen LogP contribution >= 0.6 is 0 Å². The molecule has 0 aliphatic carbocycles. The summed E-state index contributed by atoms with van der Waals surface area (Å²) in [6, 6.07) is 4.08. The zero-order valence-electron chi connectivity index (χ0n) is 15.6. The van der Waals surface area contributed by atoms with Crippen molar-refractivity contribution in [1.82, 2.24) is 25.3 Å². The number of morpholine rings is 1. The highest BCUT2D eigenvalue weighted by Gasteiger charge is 2.40. The van der Waals surface area contributed by atoms with Gasteiger partial charge in [-0.25, -0.2) is 15.4 Å². The van der Waals surface area contributed by atoms with Crippen LogP contribution in [0.25, 0.3) is 0 Å². The van der Waals surface area contributed by atoms with Crippen molar-refractivity contribution in [3.05, 3.63) is 48.0 Å². The molecule has 0 atom stereocenters. The first-order chi connectivity index (χ1) is 13.7. The normalized spacial score (nSPS) is 19.5. The molecule has 2 aliphatic rings. The largest absolute Gasteiger partial charge is 0.371 e. The van der Waals surface area contributed by atoms with Crippen LogP contribution in [-0.4, -0.2) is 69.4 Å². The molecule has 2 fully saturated rings. The number of hydroxylamine groups is 1. The molecule has 9 heteroatoms. The van der Waals surface area contributed by atoms with Crippen LogP contribution in [0.5, 0.6) is 0 Å². The molecule has 2 aromatic rings. The smallest absolute Gasteiger partial charge is 0.277 e. The minimum atomic E-state index is -0.619. The van der Waals surface area contributed by atoms with Gasteiger partial charge in [0.15, 0.2) is 0 Å². The van der Waals surface area contributed by atoms with Crippen LogP contribution in [0.3, 0.4) is 0 Å². The fraction of sp³-hybridized carbons (Fsp3) is 0.474. The molecule has 2 N–H and O–H groups in total. The van der Waals surface area contributed by atoms with E-state index >= 15 is 0 Å². The second-order valence-corrected chi connectivity index (χ2v) is 7.30. The molecule has 0 radical (unpaired) electrons. The number of amides is 1. The summed E-state index contributed by atoms with van der Waals surface area (Å²) in [5.74, 6) is -0.0408. The van der Waals surface area contributed by atoms with Crippen molar-refractivity contribution in [2.45, 2.75) is 25.0 Å². The third-order valence-corrected chi connectivity index (χ3v) is 5.43. The SMILES string of the molecule is O=C(NO)c1cnc(N2CCOC3(CCN(Cc4cccnc4)CC3)C2)nc1. The summed E-state index contributed by atoms with van der Waals surface area (Å²) in [4.78, 5) is 28.7. The minimum absolute atomic E-state index is 0.186. The molecule has 28 heavy (non-hydrogen) atoms. The lowest BCUT2D eigenvalue weighted by Gasteiger charge is -2.47. The van der Waals surface area contributed by atoms with E-state index in [1.165, 1.54) is 18.0 Å². The van der Waals surface area contributed by atoms with Gasteiger partial charge >= 0.3 is 0 Å². The Morgan fingerprint density at radius 1 is 1.21 bits per heavy atom. The number of likely N-dealkylation sites (tertiary alicyclic amines) is 1. The average Bonchev–Trinajstić information content (AvgIpc) is 2.76. The van der Waals surface area contributed by atoms with Gasteiger partial charge in [0, 0.05) is 51.0 Å². The van der Waals surface area contributed by atoms with E-state index in [1.54, 1.807) is 11.7 Å². The summed E-state index contributed by atoms with van der Waals surface area (Å²) < 4.78 is 6.20. The van der Waals surface area contributed by atoms with E-state index in [1.807, 2.05) is 12.3 Å². The van der Waals surface area contributed by atoms with E-state index in [-0.39, 0.29) is 11.2 Å². The summed E-state index contributed by atoms with van der Waals surface area (Å²) >= 11 is 0. The molecule has 0 unspecified atom stereocenters. The zero-order valence-corrected chi connectivity index (χ0v) is 15.6. The van der Waals surface area contributed by atoms with Crippen molar-refractivity contribution in [1.29, 1.82) is 0 Å². The van der Waals surface area contributed by atoms with Gasteiger partial charge in [-0.2, -0.15) is 0 Å². The zero-order chi connectivity index (χ0) is 19.4. The summed E-state index contributed by atoms with van der Waals surface area (Å²) in [7, 11) is 0. The summed E-state index contributed by atoms with van der Waals surface area (Å²) in [6.45, 7) is 4.93. The number of carbonyl (C=O) groups excluding carboxylic acids is 1. The predicted octanol–water partition coefficient (Wildman–Crippen LogP) is 0.862. The summed E-state index contributed by atoms with van der Waals surface area (Å²) in [5, 5.41) is 8.70. The number of pyridine rings is 1. The first-order valence-electron chi connectivity index (χ1n) is 9.44. The van der Waals surface area contributed by atoms with Crippen molar-refractivity contribution in [2.75, 3.05) is 37.7 Å². The van der Waals surface area contributed by atoms with E-state index < -0.39 is 5.91 Å². The fourth-order valence-corrected chi connectivity index (χ4v) is 3.85. The standard InChI is InChI=1S/C19H24N6O3/c26-17(23-27)16-11-21-18(22-12-16)25-8-9-28-19(14-25)3-6-24(7-4-19)13-15-2-1-5-20-10-15/h1-2,5,10-12,27H,3-4,6-9,13-14H2,(H,23,26). The van der Waals surface area contributed by atoms with Gasteiger partial charge in [0.05, 0.1) is 24.3 Å². The third kappa shape index (κ3) is 4.11. The maximum atomic E-state index is 11.4. The molecule has 2 aromatic heterocycles. The van der Waals surface area contributed by atoms with Crippen LogP contribution in [0.2, 0.25) is 0 Å². The molecule has 9 nitrogen and oxygen atoms in total. The number of rotatable bonds is 4. The van der Waals surface area contributed by atoms with Crippen molar-refractivity contribution in [3.63, 3.8) is 0 Å². The summed E-state index contributed by atoms with van der Waals surface area (Å²) in [6.07, 6.45) is 8.47. The first-order valence-corrected chi connectivity index (χ1v) is 9.44. The topological polar surface area (TPSA) is 104 Å². The Labute approximate surface area is 163 Å². The molecule has 2 aliphatic heterocycles. The third-order valence-electron chi connectivity index (χ3n) is 5.43. The van der Waals surface area contributed by atoms with Gasteiger partial charge < -0.3 is 9.64 Å². The number of hydrogen-bond donors (Lipinski definition) is 2. The molecule has 4 heterocycles. The molecule has 0 aromatic carbocycles. The van der Waals surface area contributed by atoms with E-state index in [9.17, 15) is 4.79 Å². The number of carbonyl (C=O) groups is 1. The Balaban J connectivity index is 1.37. The van der Waals surface area contributed by atoms with Crippen molar-refractivity contribution in [3.8, 4) is 0 Å². The van der Waals surface area contributed by atoms with Gasteiger partial charge in [0.2, 0.25) is 5.95 Å². The Bertz CT molecular complexity index is 793. The van der Waals surface area contributed by atoms with Crippen LogP contribution in [-0.2, 0) is 11.3 Å². The Hall–Kier alpha value is -2.62. The monoisotopic (exact) mass is 384 g/mol. The lowest BCUT2D eigenvalue weighted by molar-refractivity contribution is -0.0924.